The first-order chi connectivity index (χ1) is 18.4. The third kappa shape index (κ3) is 6.33. The topological polar surface area (TPSA) is 87.4 Å². The average molecular weight is 523 g/mol. The molecule has 0 aliphatic carbocycles. The van der Waals surface area contributed by atoms with Crippen molar-refractivity contribution < 1.29 is 23.0 Å². The molecule has 10 heteroatoms. The molecule has 0 aliphatic heterocycles. The predicted octanol–water partition coefficient (Wildman–Crippen LogP) is 4.16. The van der Waals surface area contributed by atoms with Crippen LogP contribution in [0.3, 0.4) is 0 Å². The molecule has 4 aromatic rings. The first-order valence-electron chi connectivity index (χ1n) is 11.9. The Morgan fingerprint density at radius 3 is 2.39 bits per heavy atom. The second kappa shape index (κ2) is 12.3. The Morgan fingerprint density at radius 2 is 1.74 bits per heavy atom. The van der Waals surface area contributed by atoms with Gasteiger partial charge in [0.25, 0.3) is 17.9 Å². The summed E-state index contributed by atoms with van der Waals surface area (Å²) in [6.45, 7) is 0.882. The van der Waals surface area contributed by atoms with Crippen molar-refractivity contribution in [1.29, 1.82) is 0 Å². The Balaban J connectivity index is 1.46. The van der Waals surface area contributed by atoms with E-state index in [1.165, 1.54) is 32.4 Å². The summed E-state index contributed by atoms with van der Waals surface area (Å²) in [6.07, 6.45) is 0.609. The van der Waals surface area contributed by atoms with Crippen LogP contribution in [0.2, 0.25) is 0 Å². The number of methoxy groups -OCH3 is 2. The maximum atomic E-state index is 13.6. The summed E-state index contributed by atoms with van der Waals surface area (Å²) >= 11 is 0. The number of carbonyl (C=O) groups excluding carboxylic acids is 1. The van der Waals surface area contributed by atoms with Crippen LogP contribution in [-0.4, -0.2) is 34.5 Å². The van der Waals surface area contributed by atoms with Crippen molar-refractivity contribution in [3.05, 3.63) is 117 Å². The van der Waals surface area contributed by atoms with Gasteiger partial charge in [-0.2, -0.15) is 5.10 Å². The molecule has 2 aromatic heterocycles. The highest BCUT2D eigenvalue weighted by atomic mass is 19.3. The molecule has 38 heavy (non-hydrogen) atoms. The van der Waals surface area contributed by atoms with E-state index in [-0.39, 0.29) is 35.6 Å². The molecule has 0 aliphatic rings. The third-order valence-corrected chi connectivity index (χ3v) is 6.02. The van der Waals surface area contributed by atoms with E-state index in [2.05, 4.69) is 10.4 Å². The van der Waals surface area contributed by atoms with Gasteiger partial charge in [0, 0.05) is 32.1 Å². The van der Waals surface area contributed by atoms with Crippen molar-refractivity contribution in [3.63, 3.8) is 0 Å². The van der Waals surface area contributed by atoms with Crippen LogP contribution in [0.25, 0.3) is 0 Å². The number of nitrogens with one attached hydrogen (secondary N) is 1. The minimum absolute atomic E-state index is 0.0681. The third-order valence-electron chi connectivity index (χ3n) is 6.02. The maximum Gasteiger partial charge on any atom is 0.267 e. The standard InChI is InChI=1S/C28H28F2N4O4/c1-37-18-23-22(28(36)31-14-21-6-5-7-24(38-2)26(21)27(29)30)17-34(32-23)16-20-11-9-19(10-12-20)15-33-13-4-3-8-25(33)35/h3-13,17,27H,14-16,18H2,1-2H3,(H,31,36). The van der Waals surface area contributed by atoms with Gasteiger partial charge in [0.05, 0.1) is 37.9 Å². The lowest BCUT2D eigenvalue weighted by molar-refractivity contribution is 0.0943. The number of rotatable bonds is 11. The van der Waals surface area contributed by atoms with E-state index in [0.717, 1.165) is 11.1 Å². The fourth-order valence-electron chi connectivity index (χ4n) is 4.14. The molecule has 0 saturated carbocycles. The van der Waals surface area contributed by atoms with Crippen molar-refractivity contribution in [3.8, 4) is 5.75 Å². The molecule has 0 radical (unpaired) electrons. The van der Waals surface area contributed by atoms with E-state index in [1.807, 2.05) is 30.3 Å². The average Bonchev–Trinajstić information content (AvgIpc) is 3.31. The first-order valence-corrected chi connectivity index (χ1v) is 11.9. The van der Waals surface area contributed by atoms with E-state index in [9.17, 15) is 18.4 Å². The molecule has 0 bridgehead atoms. The number of hydrogen-bond donors (Lipinski definition) is 1. The fourth-order valence-corrected chi connectivity index (χ4v) is 4.14. The first kappa shape index (κ1) is 26.7. The molecule has 2 aromatic carbocycles. The summed E-state index contributed by atoms with van der Waals surface area (Å²) in [5, 5.41) is 7.20. The Morgan fingerprint density at radius 1 is 1.00 bits per heavy atom. The van der Waals surface area contributed by atoms with Crippen LogP contribution >= 0.6 is 0 Å². The molecule has 0 spiro atoms. The molecule has 2 heterocycles. The second-order valence-electron chi connectivity index (χ2n) is 8.62. The Labute approximate surface area is 218 Å². The highest BCUT2D eigenvalue weighted by Gasteiger charge is 2.21. The molecular weight excluding hydrogens is 494 g/mol. The molecule has 198 valence electrons. The van der Waals surface area contributed by atoms with Gasteiger partial charge in [-0.1, -0.05) is 42.5 Å². The molecule has 4 rings (SSSR count). The smallest absolute Gasteiger partial charge is 0.267 e. The van der Waals surface area contributed by atoms with Gasteiger partial charge in [-0.3, -0.25) is 14.3 Å². The van der Waals surface area contributed by atoms with Crippen LogP contribution in [-0.2, 0) is 31.0 Å². The second-order valence-corrected chi connectivity index (χ2v) is 8.62. The minimum Gasteiger partial charge on any atom is -0.496 e. The van der Waals surface area contributed by atoms with Crippen LogP contribution in [0, 0.1) is 0 Å². The summed E-state index contributed by atoms with van der Waals surface area (Å²) < 4.78 is 40.7. The number of nitrogens with zero attached hydrogens (tertiary/aromatic N) is 3. The number of aromatic nitrogens is 3. The van der Waals surface area contributed by atoms with Gasteiger partial charge in [0.1, 0.15) is 11.4 Å². The van der Waals surface area contributed by atoms with Crippen molar-refractivity contribution >= 4 is 5.91 Å². The van der Waals surface area contributed by atoms with Crippen LogP contribution in [0.15, 0.2) is 77.9 Å². The highest BCUT2D eigenvalue weighted by molar-refractivity contribution is 5.95. The van der Waals surface area contributed by atoms with Gasteiger partial charge in [-0.15, -0.1) is 0 Å². The summed E-state index contributed by atoms with van der Waals surface area (Å²) in [4.78, 5) is 24.9. The Bertz CT molecular complexity index is 1450. The van der Waals surface area contributed by atoms with Gasteiger partial charge in [0.2, 0.25) is 0 Å². The summed E-state index contributed by atoms with van der Waals surface area (Å²) in [7, 11) is 2.83. The number of ether oxygens (including phenoxy) is 2. The largest absolute Gasteiger partial charge is 0.496 e. The van der Waals surface area contributed by atoms with Crippen LogP contribution in [0.1, 0.15) is 44.7 Å². The van der Waals surface area contributed by atoms with Crippen LogP contribution < -0.4 is 15.6 Å². The molecule has 1 N–H and O–H groups in total. The van der Waals surface area contributed by atoms with Gasteiger partial charge in [-0.25, -0.2) is 8.78 Å². The van der Waals surface area contributed by atoms with E-state index < -0.39 is 12.3 Å². The van der Waals surface area contributed by atoms with Gasteiger partial charge >= 0.3 is 0 Å². The van der Waals surface area contributed by atoms with Crippen molar-refractivity contribution in [1.82, 2.24) is 19.7 Å². The van der Waals surface area contributed by atoms with Gasteiger partial charge < -0.3 is 19.4 Å². The number of alkyl halides is 2. The lowest BCUT2D eigenvalue weighted by atomic mass is 10.1. The monoisotopic (exact) mass is 522 g/mol. The SMILES string of the molecule is COCc1nn(Cc2ccc(Cn3ccccc3=O)cc2)cc1C(=O)NCc1cccc(OC)c1C(F)F. The minimum atomic E-state index is -2.75. The van der Waals surface area contributed by atoms with Crippen LogP contribution in [0.5, 0.6) is 5.75 Å². The Kier molecular flexibility index (Phi) is 8.65. The van der Waals surface area contributed by atoms with E-state index in [0.29, 0.717) is 24.3 Å². The van der Waals surface area contributed by atoms with E-state index in [4.69, 9.17) is 9.47 Å². The van der Waals surface area contributed by atoms with E-state index in [1.54, 1.807) is 33.8 Å². The number of hydrogen-bond acceptors (Lipinski definition) is 5. The summed E-state index contributed by atoms with van der Waals surface area (Å²) in [5.74, 6) is -0.378. The number of halogens is 2. The lowest BCUT2D eigenvalue weighted by Crippen LogP contribution is -2.24. The van der Waals surface area contributed by atoms with E-state index >= 15 is 0 Å². The fraction of sp³-hybridized carbons (Fsp3) is 0.250. The maximum absolute atomic E-state index is 13.6. The molecule has 0 unspecified atom stereocenters. The zero-order chi connectivity index (χ0) is 27.1. The predicted molar refractivity (Wildman–Crippen MR) is 137 cm³/mol. The van der Waals surface area contributed by atoms with Gasteiger partial charge in [0.15, 0.2) is 0 Å². The van der Waals surface area contributed by atoms with Crippen molar-refractivity contribution in [2.75, 3.05) is 14.2 Å². The number of amides is 1. The highest BCUT2D eigenvalue weighted by Crippen LogP contribution is 2.32. The summed E-state index contributed by atoms with van der Waals surface area (Å²) in [6, 6.07) is 17.4. The van der Waals surface area contributed by atoms with Crippen molar-refractivity contribution in [2.45, 2.75) is 32.7 Å². The number of carbonyl (C=O) groups is 1. The normalized spacial score (nSPS) is 11.1. The molecular formula is C28H28F2N4O4. The number of pyridine rings is 1. The molecule has 8 nitrogen and oxygen atoms in total. The number of benzene rings is 2. The Hall–Kier alpha value is -4.31. The lowest BCUT2D eigenvalue weighted by Gasteiger charge is -2.13. The molecule has 1 amide bonds. The van der Waals surface area contributed by atoms with Crippen molar-refractivity contribution in [2.24, 2.45) is 0 Å². The molecule has 0 saturated heterocycles. The quantitative estimate of drug-likeness (QED) is 0.320. The molecule has 0 atom stereocenters. The van der Waals surface area contributed by atoms with Gasteiger partial charge in [-0.05, 0) is 28.8 Å². The zero-order valence-corrected chi connectivity index (χ0v) is 21.1. The molecule has 0 fully saturated rings. The van der Waals surface area contributed by atoms with Crippen LogP contribution in [0.4, 0.5) is 8.78 Å². The summed E-state index contributed by atoms with van der Waals surface area (Å²) in [5.41, 5.74) is 2.61. The zero-order valence-electron chi connectivity index (χ0n) is 21.1.